The topological polar surface area (TPSA) is 504 Å². The first-order valence-corrected chi connectivity index (χ1v) is 31.4. The van der Waals surface area contributed by atoms with E-state index in [2.05, 4.69) is 47.9 Å². The molecule has 0 heterocycles. The minimum atomic E-state index is -2.09. The van der Waals surface area contributed by atoms with E-state index in [1.807, 2.05) is 0 Å². The molecule has 11 atom stereocenters. The molecule has 19 N–H and O–H groups in total. The van der Waals surface area contributed by atoms with E-state index < -0.39 is 169 Å². The predicted molar refractivity (Wildman–Crippen MR) is 338 cm³/mol. The van der Waals surface area contributed by atoms with E-state index in [9.17, 15) is 93.0 Å². The van der Waals surface area contributed by atoms with Gasteiger partial charge in [-0.1, -0.05) is 84.4 Å². The van der Waals surface area contributed by atoms with Crippen LogP contribution >= 0.6 is 11.8 Å². The number of aromatic hydroxyl groups is 3. The van der Waals surface area contributed by atoms with Crippen molar-refractivity contribution in [3.05, 3.63) is 89.5 Å². The summed E-state index contributed by atoms with van der Waals surface area (Å²) in [6.45, 7) is 10.2. The fourth-order valence-corrected chi connectivity index (χ4v) is 9.65. The molecule has 0 aliphatic heterocycles. The summed E-state index contributed by atoms with van der Waals surface area (Å²) in [6.07, 6.45) is -2.55. The lowest BCUT2D eigenvalue weighted by Crippen LogP contribution is -2.61. The molecule has 93 heavy (non-hydrogen) atoms. The van der Waals surface area contributed by atoms with E-state index in [1.165, 1.54) is 84.6 Å². The van der Waals surface area contributed by atoms with Crippen molar-refractivity contribution in [1.29, 1.82) is 0 Å². The fourth-order valence-electron chi connectivity index (χ4n) is 9.17. The highest BCUT2D eigenvalue weighted by Crippen LogP contribution is 2.18. The van der Waals surface area contributed by atoms with Crippen molar-refractivity contribution in [3.8, 4) is 17.2 Å². The van der Waals surface area contributed by atoms with Gasteiger partial charge in [-0.25, -0.2) is 4.79 Å². The summed E-state index contributed by atoms with van der Waals surface area (Å²) >= 11 is 1.20. The van der Waals surface area contributed by atoms with Crippen LogP contribution in [0.15, 0.2) is 72.8 Å². The third-order valence-electron chi connectivity index (χ3n) is 14.7. The van der Waals surface area contributed by atoms with Gasteiger partial charge in [0.2, 0.25) is 59.1 Å². The SMILES string of the molecule is CC[C@H](C)[C@H](NC(=O)[C@@H](N)C(C)C)C(=O)N[C@@H](Cc1ccc(O)cc1)C(=O)N[C@@H](CCC(N)=O)C(=O)N[C@@H](Cc1ccc(O)cc1)C(=O)N[C@@H](CCSC)C(=O)N[C@@H](CC(=O)O)C(=O)N[C@@H](CC(=O)O)C(=O)N[C@@H](CC(C)C)C(=O)N[C@@H](Cc1ccc(O)cc1)C(=O)O. The summed E-state index contributed by atoms with van der Waals surface area (Å²) in [4.78, 5) is 176. The third-order valence-corrected chi connectivity index (χ3v) is 15.4. The Morgan fingerprint density at radius 2 is 0.774 bits per heavy atom. The average molecular weight is 1320 g/mol. The number of phenols is 3. The molecule has 3 aromatic carbocycles. The van der Waals surface area contributed by atoms with Gasteiger partial charge in [-0.2, -0.15) is 11.8 Å². The van der Waals surface area contributed by atoms with Gasteiger partial charge in [0.1, 0.15) is 71.6 Å². The monoisotopic (exact) mass is 1320 g/mol. The van der Waals surface area contributed by atoms with E-state index in [-0.39, 0.29) is 66.9 Å². The molecule has 0 unspecified atom stereocenters. The summed E-state index contributed by atoms with van der Waals surface area (Å²) < 4.78 is 0. The van der Waals surface area contributed by atoms with Crippen molar-refractivity contribution >= 4 is 88.7 Å². The molecule has 0 saturated carbocycles. The highest BCUT2D eigenvalue weighted by atomic mass is 32.2. The second kappa shape index (κ2) is 38.4. The number of aliphatic carboxylic acids is 3. The molecule has 31 heteroatoms. The van der Waals surface area contributed by atoms with E-state index in [1.54, 1.807) is 47.8 Å². The quantitative estimate of drug-likeness (QED) is 0.0335. The van der Waals surface area contributed by atoms with Gasteiger partial charge in [0.15, 0.2) is 0 Å². The number of primary amides is 1. The fraction of sp³-hybridized carbons (Fsp3) is 0.500. The lowest BCUT2D eigenvalue weighted by molar-refractivity contribution is -0.144. The Kier molecular flexibility index (Phi) is 32.1. The molecule has 0 radical (unpaired) electrons. The van der Waals surface area contributed by atoms with Gasteiger partial charge in [-0.15, -0.1) is 0 Å². The molecule has 0 aliphatic rings. The van der Waals surface area contributed by atoms with Gasteiger partial charge in [0, 0.05) is 25.7 Å². The minimum Gasteiger partial charge on any atom is -0.508 e. The molecule has 30 nitrogen and oxygen atoms in total. The molecule has 3 aromatic rings. The number of thioether (sulfide) groups is 1. The van der Waals surface area contributed by atoms with Crippen LogP contribution in [0.1, 0.15) is 103 Å². The Morgan fingerprint density at radius 1 is 0.441 bits per heavy atom. The number of carbonyl (C=O) groups excluding carboxylic acids is 10. The lowest BCUT2D eigenvalue weighted by Gasteiger charge is -2.29. The first-order valence-electron chi connectivity index (χ1n) is 30.0. The summed E-state index contributed by atoms with van der Waals surface area (Å²) in [5.74, 6) is -16.6. The number of carboxylic acids is 3. The van der Waals surface area contributed by atoms with Crippen molar-refractivity contribution in [2.24, 2.45) is 29.2 Å². The minimum absolute atomic E-state index is 0.101. The first kappa shape index (κ1) is 77.7. The van der Waals surface area contributed by atoms with Crippen LogP contribution in [0.2, 0.25) is 0 Å². The molecule has 0 saturated heterocycles. The molecule has 10 amide bonds. The molecule has 0 fully saturated rings. The van der Waals surface area contributed by atoms with E-state index >= 15 is 0 Å². The van der Waals surface area contributed by atoms with Gasteiger partial charge in [0.25, 0.3) is 0 Å². The number of benzene rings is 3. The molecular weight excluding hydrogens is 1230 g/mol. The largest absolute Gasteiger partial charge is 0.508 e. The van der Waals surface area contributed by atoms with Gasteiger partial charge >= 0.3 is 17.9 Å². The van der Waals surface area contributed by atoms with Crippen LogP contribution in [0.25, 0.3) is 0 Å². The zero-order valence-electron chi connectivity index (χ0n) is 52.8. The van der Waals surface area contributed by atoms with E-state index in [0.29, 0.717) is 23.1 Å². The van der Waals surface area contributed by atoms with Crippen molar-refractivity contribution in [2.45, 2.75) is 166 Å². The lowest BCUT2D eigenvalue weighted by atomic mass is 9.95. The van der Waals surface area contributed by atoms with E-state index in [4.69, 9.17) is 11.5 Å². The maximum atomic E-state index is 14.6. The van der Waals surface area contributed by atoms with Gasteiger partial charge in [-0.3, -0.25) is 57.5 Å². The van der Waals surface area contributed by atoms with Crippen molar-refractivity contribution in [3.63, 3.8) is 0 Å². The first-order chi connectivity index (χ1) is 43.7. The van der Waals surface area contributed by atoms with Crippen LogP contribution in [0.5, 0.6) is 17.2 Å². The number of hydrogen-bond donors (Lipinski definition) is 17. The molecule has 0 aromatic heterocycles. The molecule has 3 rings (SSSR count). The van der Waals surface area contributed by atoms with Crippen LogP contribution in [0, 0.1) is 17.8 Å². The second-order valence-corrected chi connectivity index (χ2v) is 24.2. The summed E-state index contributed by atoms with van der Waals surface area (Å²) in [7, 11) is 0. The molecule has 0 aliphatic carbocycles. The van der Waals surface area contributed by atoms with Gasteiger partial charge in [-0.05, 0) is 102 Å². The Labute approximate surface area is 541 Å². The number of phenolic OH excluding ortho intramolecular Hbond substituents is 3. The predicted octanol–water partition coefficient (Wildman–Crippen LogP) is -0.677. The van der Waals surface area contributed by atoms with Crippen molar-refractivity contribution < 1.29 is 93.0 Å². The molecule has 0 bridgehead atoms. The van der Waals surface area contributed by atoms with Crippen LogP contribution in [0.3, 0.4) is 0 Å². The second-order valence-electron chi connectivity index (χ2n) is 23.2. The van der Waals surface area contributed by atoms with Crippen LogP contribution < -0.4 is 59.3 Å². The van der Waals surface area contributed by atoms with E-state index in [0.717, 1.165) is 0 Å². The Morgan fingerprint density at radius 3 is 1.14 bits per heavy atom. The number of hydrogen-bond acceptors (Lipinski definition) is 18. The van der Waals surface area contributed by atoms with Gasteiger partial charge < -0.3 is 90.0 Å². The number of amides is 10. The van der Waals surface area contributed by atoms with Crippen LogP contribution in [-0.2, 0) is 81.6 Å². The zero-order chi connectivity index (χ0) is 69.8. The number of nitrogens with one attached hydrogen (secondary N) is 9. The number of rotatable bonds is 40. The van der Waals surface area contributed by atoms with Crippen molar-refractivity contribution in [2.75, 3.05) is 12.0 Å². The average Bonchev–Trinajstić information content (AvgIpc) is 1.19. The molecule has 0 spiro atoms. The summed E-state index contributed by atoms with van der Waals surface area (Å²) in [5.41, 5.74) is 12.7. The zero-order valence-corrected chi connectivity index (χ0v) is 53.6. The maximum Gasteiger partial charge on any atom is 0.326 e. The van der Waals surface area contributed by atoms with Crippen molar-refractivity contribution in [1.82, 2.24) is 47.9 Å². The summed E-state index contributed by atoms with van der Waals surface area (Å²) in [5, 5.41) is 81.5. The number of nitrogens with two attached hydrogens (primary N) is 2. The van der Waals surface area contributed by atoms with Crippen LogP contribution in [-0.4, -0.2) is 180 Å². The van der Waals surface area contributed by atoms with Gasteiger partial charge in [0.05, 0.1) is 18.9 Å². The van der Waals surface area contributed by atoms with Crippen LogP contribution in [0.4, 0.5) is 0 Å². The maximum absolute atomic E-state index is 14.6. The normalized spacial score (nSPS) is 14.7. The highest BCUT2D eigenvalue weighted by molar-refractivity contribution is 7.98. The highest BCUT2D eigenvalue weighted by Gasteiger charge is 2.38. The Hall–Kier alpha value is -9.52. The molecular formula is C62H87N11O19S. The summed E-state index contributed by atoms with van der Waals surface area (Å²) in [6, 6.07) is 0.422. The Bertz CT molecular complexity index is 3080. The Balaban J connectivity index is 2.00. The molecule has 510 valence electrons. The third kappa shape index (κ3) is 27.5. The standard InChI is InChI=1S/C62H87N11O19S/c1-8-33(6)52(73-60(89)51(64)32(4)5)61(90)71-44(27-35-11-17-38(75)18-12-35)57(86)65-40(21-22-48(63)77)53(82)68-43(26-34-9-15-37(74)16-10-34)56(85)66-41(23-24-93-7)54(83)69-45(29-49(78)79)59(88)70-46(30-50(80)81)58(87)67-42(25-31(2)3)55(84)72-47(62(91)92)28-36-13-19-39(76)20-14-36/h9-20,31-33,40-47,51-52,74-76H,8,21-30,64H2,1-7H3,(H2,63,77)(H,65,86)(H,66,85)(H,67,87)(H,68,82)(H,69,83)(H,70,88)(H,71,90)(H,72,84)(H,73,89)(H,78,79)(H,80,81)(H,91,92)/t33-,40-,41-,42-,43-,44-,45-,46-,47-,51-,52-/m0/s1. The number of carboxylic acid groups (broad SMARTS) is 3. The smallest absolute Gasteiger partial charge is 0.326 e. The number of carbonyl (C=O) groups is 13.